The number of nitrogens with one attached hydrogen (secondary N) is 3. The molecule has 0 unspecified atom stereocenters. The summed E-state index contributed by atoms with van der Waals surface area (Å²) in [7, 11) is 0. The molecule has 2 aromatic rings. The zero-order valence-corrected chi connectivity index (χ0v) is 18.0. The van der Waals surface area contributed by atoms with Gasteiger partial charge >= 0.3 is 6.03 Å². The molecule has 164 valence electrons. The van der Waals surface area contributed by atoms with Crippen molar-refractivity contribution in [3.05, 3.63) is 53.6 Å². The van der Waals surface area contributed by atoms with Gasteiger partial charge in [-0.3, -0.25) is 14.9 Å². The topological polar surface area (TPSA) is 99.8 Å². The lowest BCUT2D eigenvalue weighted by molar-refractivity contribution is -0.128. The summed E-state index contributed by atoms with van der Waals surface area (Å²) in [6.45, 7) is 6.50. The molecule has 0 radical (unpaired) electrons. The fraction of sp³-hybridized carbons (Fsp3) is 0.348. The average Bonchev–Trinajstić information content (AvgIpc) is 2.73. The number of nitrogens with zero attached hydrogens (tertiary/aromatic N) is 1. The number of amides is 4. The fourth-order valence-corrected chi connectivity index (χ4v) is 3.40. The van der Waals surface area contributed by atoms with Crippen molar-refractivity contribution in [3.8, 4) is 5.75 Å². The van der Waals surface area contributed by atoms with E-state index in [1.165, 1.54) is 0 Å². The number of para-hydroxylation sites is 2. The first-order chi connectivity index (χ1) is 14.9. The van der Waals surface area contributed by atoms with Crippen molar-refractivity contribution in [2.24, 2.45) is 0 Å². The van der Waals surface area contributed by atoms with Crippen LogP contribution < -0.4 is 25.6 Å². The molecule has 1 aliphatic heterocycles. The molecule has 0 saturated carbocycles. The highest BCUT2D eigenvalue weighted by Crippen LogP contribution is 2.32. The van der Waals surface area contributed by atoms with Gasteiger partial charge in [-0.2, -0.15) is 0 Å². The number of carbonyl (C=O) groups is 3. The zero-order valence-electron chi connectivity index (χ0n) is 18.0. The molecule has 8 nitrogen and oxygen atoms in total. The maximum atomic E-state index is 12.6. The van der Waals surface area contributed by atoms with Crippen molar-refractivity contribution in [1.82, 2.24) is 10.6 Å². The third-order valence-electron chi connectivity index (χ3n) is 4.92. The van der Waals surface area contributed by atoms with E-state index in [9.17, 15) is 14.4 Å². The largest absolute Gasteiger partial charge is 0.477 e. The van der Waals surface area contributed by atoms with Crippen molar-refractivity contribution in [1.29, 1.82) is 0 Å². The Kier molecular flexibility index (Phi) is 7.12. The van der Waals surface area contributed by atoms with Crippen LogP contribution in [0.15, 0.2) is 42.5 Å². The Bertz CT molecular complexity index is 976. The minimum absolute atomic E-state index is 0.0851. The maximum Gasteiger partial charge on any atom is 0.325 e. The van der Waals surface area contributed by atoms with Crippen molar-refractivity contribution in [2.75, 3.05) is 29.9 Å². The third kappa shape index (κ3) is 5.75. The predicted octanol–water partition coefficient (Wildman–Crippen LogP) is 2.75. The van der Waals surface area contributed by atoms with E-state index in [1.807, 2.05) is 45.0 Å². The number of hydrogen-bond acceptors (Lipinski definition) is 5. The molecule has 0 bridgehead atoms. The molecule has 31 heavy (non-hydrogen) atoms. The second-order valence-electron chi connectivity index (χ2n) is 7.57. The number of carbonyl (C=O) groups excluding carboxylic acids is 3. The van der Waals surface area contributed by atoms with E-state index in [-0.39, 0.29) is 19.0 Å². The van der Waals surface area contributed by atoms with Crippen molar-refractivity contribution in [3.63, 3.8) is 0 Å². The van der Waals surface area contributed by atoms with E-state index in [0.29, 0.717) is 23.7 Å². The molecule has 3 rings (SSSR count). The van der Waals surface area contributed by atoms with Gasteiger partial charge in [0.2, 0.25) is 5.91 Å². The van der Waals surface area contributed by atoms with E-state index in [4.69, 9.17) is 4.74 Å². The van der Waals surface area contributed by atoms with Gasteiger partial charge in [-0.05, 0) is 44.0 Å². The first-order valence-electron chi connectivity index (χ1n) is 10.3. The summed E-state index contributed by atoms with van der Waals surface area (Å²) in [5, 5.41) is 7.87. The summed E-state index contributed by atoms with van der Waals surface area (Å²) in [5.41, 5.74) is 3.33. The molecule has 0 spiro atoms. The standard InChI is InChI=1S/C23H28N4O4/c1-4-11-24-22(29)20-13-27(18-7-5-6-8-19(18)31-20)14-21(28)26-23(30)25-17-10-9-15(2)12-16(17)3/h5-10,12,20H,4,11,13-14H2,1-3H3,(H,24,29)(H2,25,26,28,30)/t20-/m0/s1. The van der Waals surface area contributed by atoms with Gasteiger partial charge in [0, 0.05) is 12.2 Å². The van der Waals surface area contributed by atoms with E-state index in [0.717, 1.165) is 17.5 Å². The SMILES string of the molecule is CCCNC(=O)[C@@H]1CN(CC(=O)NC(=O)Nc2ccc(C)cc2C)c2ccccc2O1. The van der Waals surface area contributed by atoms with E-state index in [2.05, 4.69) is 16.0 Å². The summed E-state index contributed by atoms with van der Waals surface area (Å²) in [6, 6.07) is 12.2. The Hall–Kier alpha value is -3.55. The molecule has 1 aliphatic rings. The Morgan fingerprint density at radius 3 is 2.65 bits per heavy atom. The molecule has 2 aromatic carbocycles. The average molecular weight is 425 g/mol. The van der Waals surface area contributed by atoms with Crippen molar-refractivity contribution in [2.45, 2.75) is 33.3 Å². The van der Waals surface area contributed by atoms with E-state index >= 15 is 0 Å². The van der Waals surface area contributed by atoms with Gasteiger partial charge in [0.1, 0.15) is 5.75 Å². The fourth-order valence-electron chi connectivity index (χ4n) is 3.40. The highest BCUT2D eigenvalue weighted by molar-refractivity contribution is 6.03. The van der Waals surface area contributed by atoms with Crippen LogP contribution in [0.25, 0.3) is 0 Å². The number of benzene rings is 2. The Labute approximate surface area is 182 Å². The summed E-state index contributed by atoms with van der Waals surface area (Å²) < 4.78 is 5.82. The van der Waals surface area contributed by atoms with Crippen LogP contribution in [0, 0.1) is 13.8 Å². The van der Waals surface area contributed by atoms with Gasteiger partial charge in [0.15, 0.2) is 6.10 Å². The van der Waals surface area contributed by atoms with Crippen molar-refractivity contribution >= 4 is 29.2 Å². The van der Waals surface area contributed by atoms with Crippen LogP contribution in [-0.2, 0) is 9.59 Å². The van der Waals surface area contributed by atoms with Crippen LogP contribution in [0.3, 0.4) is 0 Å². The first kappa shape index (κ1) is 22.1. The van der Waals surface area contributed by atoms with Gasteiger partial charge in [-0.25, -0.2) is 4.79 Å². The van der Waals surface area contributed by atoms with Crippen LogP contribution in [0.5, 0.6) is 5.75 Å². The third-order valence-corrected chi connectivity index (χ3v) is 4.92. The van der Waals surface area contributed by atoms with Gasteiger partial charge in [0.05, 0.1) is 18.8 Å². The number of hydrogen-bond donors (Lipinski definition) is 3. The Morgan fingerprint density at radius 2 is 1.90 bits per heavy atom. The minimum atomic E-state index is -0.738. The molecule has 0 aromatic heterocycles. The number of aryl methyl sites for hydroxylation is 2. The molecule has 4 amide bonds. The number of rotatable bonds is 6. The molecular weight excluding hydrogens is 396 g/mol. The number of fused-ring (bicyclic) bond motifs is 1. The number of urea groups is 1. The summed E-state index contributed by atoms with van der Waals surface area (Å²) in [4.78, 5) is 39.0. The highest BCUT2D eigenvalue weighted by atomic mass is 16.5. The number of anilines is 2. The lowest BCUT2D eigenvalue weighted by Crippen LogP contribution is -2.52. The quantitative estimate of drug-likeness (QED) is 0.662. The highest BCUT2D eigenvalue weighted by Gasteiger charge is 2.31. The predicted molar refractivity (Wildman–Crippen MR) is 119 cm³/mol. The second kappa shape index (κ2) is 9.97. The summed E-state index contributed by atoms with van der Waals surface area (Å²) in [6.07, 6.45) is 0.0785. The van der Waals surface area contributed by atoms with Gasteiger partial charge in [-0.1, -0.05) is 36.8 Å². The van der Waals surface area contributed by atoms with Crippen LogP contribution in [0.1, 0.15) is 24.5 Å². The van der Waals surface area contributed by atoms with Gasteiger partial charge < -0.3 is 20.3 Å². The monoisotopic (exact) mass is 424 g/mol. The molecule has 3 N–H and O–H groups in total. The van der Waals surface area contributed by atoms with E-state index < -0.39 is 18.0 Å². The van der Waals surface area contributed by atoms with Crippen LogP contribution in [-0.4, -0.2) is 43.6 Å². The molecule has 0 fully saturated rings. The molecule has 1 heterocycles. The Balaban J connectivity index is 1.64. The molecular formula is C23H28N4O4. The number of ether oxygens (including phenoxy) is 1. The summed E-state index contributed by atoms with van der Waals surface area (Å²) >= 11 is 0. The smallest absolute Gasteiger partial charge is 0.325 e. The number of imide groups is 1. The molecule has 0 aliphatic carbocycles. The van der Waals surface area contributed by atoms with Crippen LogP contribution in [0.2, 0.25) is 0 Å². The van der Waals surface area contributed by atoms with E-state index in [1.54, 1.807) is 23.1 Å². The van der Waals surface area contributed by atoms with Crippen LogP contribution >= 0.6 is 0 Å². The molecule has 1 atom stereocenters. The van der Waals surface area contributed by atoms with Crippen molar-refractivity contribution < 1.29 is 19.1 Å². The zero-order chi connectivity index (χ0) is 22.4. The first-order valence-corrected chi connectivity index (χ1v) is 10.3. The summed E-state index contributed by atoms with van der Waals surface area (Å²) in [5.74, 6) is -0.182. The lowest BCUT2D eigenvalue weighted by atomic mass is 10.1. The lowest BCUT2D eigenvalue weighted by Gasteiger charge is -2.35. The van der Waals surface area contributed by atoms with Gasteiger partial charge in [0.25, 0.3) is 5.91 Å². The molecule has 0 saturated heterocycles. The Morgan fingerprint density at radius 1 is 1.13 bits per heavy atom. The van der Waals surface area contributed by atoms with Crippen LogP contribution in [0.4, 0.5) is 16.2 Å². The van der Waals surface area contributed by atoms with Gasteiger partial charge in [-0.15, -0.1) is 0 Å². The second-order valence-corrected chi connectivity index (χ2v) is 7.57. The maximum absolute atomic E-state index is 12.6. The minimum Gasteiger partial charge on any atom is -0.477 e. The normalized spacial score (nSPS) is 14.8. The molecule has 8 heteroatoms.